The molecule has 2 aliphatic rings. The standard InChI is InChI=1S/C17H24N2O4S/c1-12-17(21)18(2)10-15(11-20)19(12)24(22,23)16-8-7-13-5-3-4-6-14(13)9-16/h7-9,12,15,20H,3-6,10-11H2,1-2H3/t12-,15+/m0/s1. The van der Waals surface area contributed by atoms with Crippen LogP contribution in [0.15, 0.2) is 23.1 Å². The first kappa shape index (κ1) is 17.4. The third kappa shape index (κ3) is 2.85. The Kier molecular flexibility index (Phi) is 4.68. The van der Waals surface area contributed by atoms with Crippen molar-refractivity contribution in [2.24, 2.45) is 0 Å². The Hall–Kier alpha value is -1.44. The average molecular weight is 352 g/mol. The molecule has 0 aromatic heterocycles. The molecule has 2 atom stereocenters. The molecule has 1 aromatic carbocycles. The number of fused-ring (bicyclic) bond motifs is 1. The molecule has 0 spiro atoms. The van der Waals surface area contributed by atoms with Gasteiger partial charge in [0.1, 0.15) is 6.04 Å². The largest absolute Gasteiger partial charge is 0.395 e. The number of aliphatic hydroxyl groups is 1. The number of carbonyl (C=O) groups excluding carboxylic acids is 1. The highest BCUT2D eigenvalue weighted by Crippen LogP contribution is 2.29. The monoisotopic (exact) mass is 352 g/mol. The highest BCUT2D eigenvalue weighted by molar-refractivity contribution is 7.89. The lowest BCUT2D eigenvalue weighted by molar-refractivity contribution is -0.139. The van der Waals surface area contributed by atoms with Crippen molar-refractivity contribution in [1.29, 1.82) is 0 Å². The van der Waals surface area contributed by atoms with Crippen LogP contribution >= 0.6 is 0 Å². The van der Waals surface area contributed by atoms with Crippen LogP contribution < -0.4 is 0 Å². The lowest BCUT2D eigenvalue weighted by atomic mass is 9.92. The first-order valence-corrected chi connectivity index (χ1v) is 9.81. The molecule has 1 aromatic rings. The van der Waals surface area contributed by atoms with Gasteiger partial charge in [-0.2, -0.15) is 4.31 Å². The minimum absolute atomic E-state index is 0.198. The highest BCUT2D eigenvalue weighted by atomic mass is 32.2. The van der Waals surface area contributed by atoms with Gasteiger partial charge in [0.05, 0.1) is 17.5 Å². The minimum atomic E-state index is -3.84. The van der Waals surface area contributed by atoms with Gasteiger partial charge in [-0.1, -0.05) is 6.07 Å². The third-order valence-corrected chi connectivity index (χ3v) is 7.09. The van der Waals surface area contributed by atoms with Crippen LogP contribution in [0.3, 0.4) is 0 Å². The summed E-state index contributed by atoms with van der Waals surface area (Å²) in [6, 6.07) is 3.82. The Labute approximate surface area is 143 Å². The lowest BCUT2D eigenvalue weighted by Crippen LogP contribution is -2.62. The zero-order valence-corrected chi connectivity index (χ0v) is 14.9. The Morgan fingerprint density at radius 1 is 1.21 bits per heavy atom. The smallest absolute Gasteiger partial charge is 0.244 e. The maximum atomic E-state index is 13.1. The number of piperazine rings is 1. The average Bonchev–Trinajstić information content (AvgIpc) is 2.58. The fraction of sp³-hybridized carbons (Fsp3) is 0.588. The molecular weight excluding hydrogens is 328 g/mol. The number of sulfonamides is 1. The van der Waals surface area contributed by atoms with Gasteiger partial charge in [-0.3, -0.25) is 4.79 Å². The SMILES string of the molecule is C[C@H]1C(=O)N(C)C[C@H](CO)N1S(=O)(=O)c1ccc2c(c1)CCCC2. The zero-order valence-electron chi connectivity index (χ0n) is 14.1. The van der Waals surface area contributed by atoms with E-state index in [1.165, 1.54) is 14.8 Å². The zero-order chi connectivity index (χ0) is 17.5. The molecule has 1 aliphatic carbocycles. The van der Waals surface area contributed by atoms with Crippen LogP contribution in [0, 0.1) is 0 Å². The number of likely N-dealkylation sites (N-methyl/N-ethyl adjacent to an activating group) is 1. The Balaban J connectivity index is 2.01. The van der Waals surface area contributed by atoms with Crippen molar-refractivity contribution in [1.82, 2.24) is 9.21 Å². The van der Waals surface area contributed by atoms with E-state index in [4.69, 9.17) is 0 Å². The molecule has 1 amide bonds. The molecule has 0 bridgehead atoms. The van der Waals surface area contributed by atoms with Crippen molar-refractivity contribution in [2.45, 2.75) is 49.6 Å². The molecule has 3 rings (SSSR count). The number of benzene rings is 1. The van der Waals surface area contributed by atoms with Gasteiger partial charge in [0, 0.05) is 13.6 Å². The van der Waals surface area contributed by atoms with Crippen LogP contribution in [0.5, 0.6) is 0 Å². The van der Waals surface area contributed by atoms with E-state index in [9.17, 15) is 18.3 Å². The van der Waals surface area contributed by atoms with E-state index in [1.54, 1.807) is 26.1 Å². The summed E-state index contributed by atoms with van der Waals surface area (Å²) in [5, 5.41) is 9.64. The number of hydrogen-bond acceptors (Lipinski definition) is 4. The summed E-state index contributed by atoms with van der Waals surface area (Å²) in [6.45, 7) is 1.46. The van der Waals surface area contributed by atoms with Gasteiger partial charge in [0.2, 0.25) is 15.9 Å². The highest BCUT2D eigenvalue weighted by Gasteiger charge is 2.43. The van der Waals surface area contributed by atoms with E-state index < -0.39 is 22.1 Å². The molecule has 1 fully saturated rings. The molecular formula is C17H24N2O4S. The van der Waals surface area contributed by atoms with E-state index in [0.29, 0.717) is 0 Å². The molecule has 0 saturated carbocycles. The second-order valence-corrected chi connectivity index (χ2v) is 8.55. The number of carbonyl (C=O) groups is 1. The fourth-order valence-corrected chi connectivity index (χ4v) is 5.57. The van der Waals surface area contributed by atoms with E-state index in [2.05, 4.69) is 0 Å². The molecule has 7 heteroatoms. The molecule has 132 valence electrons. The predicted molar refractivity (Wildman–Crippen MR) is 90.1 cm³/mol. The van der Waals surface area contributed by atoms with Gasteiger partial charge in [-0.05, 0) is 55.9 Å². The summed E-state index contributed by atoms with van der Waals surface area (Å²) >= 11 is 0. The first-order chi connectivity index (χ1) is 11.4. The van der Waals surface area contributed by atoms with Gasteiger partial charge in [0.15, 0.2) is 0 Å². The van der Waals surface area contributed by atoms with Gasteiger partial charge in [-0.15, -0.1) is 0 Å². The maximum absolute atomic E-state index is 13.1. The van der Waals surface area contributed by atoms with E-state index in [-0.39, 0.29) is 24.0 Å². The molecule has 0 radical (unpaired) electrons. The van der Waals surface area contributed by atoms with E-state index in [0.717, 1.165) is 31.2 Å². The van der Waals surface area contributed by atoms with Crippen molar-refractivity contribution < 1.29 is 18.3 Å². The first-order valence-electron chi connectivity index (χ1n) is 8.37. The van der Waals surface area contributed by atoms with Crippen molar-refractivity contribution in [3.63, 3.8) is 0 Å². The van der Waals surface area contributed by atoms with Crippen molar-refractivity contribution in [2.75, 3.05) is 20.2 Å². The number of aryl methyl sites for hydroxylation is 2. The molecule has 1 N–H and O–H groups in total. The van der Waals surface area contributed by atoms with Crippen LogP contribution in [0.4, 0.5) is 0 Å². The van der Waals surface area contributed by atoms with Crippen molar-refractivity contribution >= 4 is 15.9 Å². The van der Waals surface area contributed by atoms with Crippen molar-refractivity contribution in [3.8, 4) is 0 Å². The van der Waals surface area contributed by atoms with E-state index in [1.807, 2.05) is 6.07 Å². The minimum Gasteiger partial charge on any atom is -0.395 e. The van der Waals surface area contributed by atoms with Crippen LogP contribution in [0.2, 0.25) is 0 Å². The van der Waals surface area contributed by atoms with Crippen LogP contribution in [-0.4, -0.2) is 60.9 Å². The summed E-state index contributed by atoms with van der Waals surface area (Å²) in [5.41, 5.74) is 2.29. The van der Waals surface area contributed by atoms with Crippen LogP contribution in [0.25, 0.3) is 0 Å². The van der Waals surface area contributed by atoms with Gasteiger partial charge in [-0.25, -0.2) is 8.42 Å². The molecule has 1 aliphatic heterocycles. The van der Waals surface area contributed by atoms with Crippen molar-refractivity contribution in [3.05, 3.63) is 29.3 Å². The summed E-state index contributed by atoms with van der Waals surface area (Å²) in [5.74, 6) is -0.249. The number of aliphatic hydroxyl groups excluding tert-OH is 1. The third-order valence-electron chi connectivity index (χ3n) is 5.07. The second kappa shape index (κ2) is 6.46. The maximum Gasteiger partial charge on any atom is 0.244 e. The number of amides is 1. The lowest BCUT2D eigenvalue weighted by Gasteiger charge is -2.41. The quantitative estimate of drug-likeness (QED) is 0.872. The molecule has 1 heterocycles. The van der Waals surface area contributed by atoms with Gasteiger partial charge >= 0.3 is 0 Å². The molecule has 6 nitrogen and oxygen atoms in total. The summed E-state index contributed by atoms with van der Waals surface area (Å²) in [6.07, 6.45) is 4.08. The number of hydrogen-bond donors (Lipinski definition) is 1. The number of rotatable bonds is 3. The Morgan fingerprint density at radius 2 is 1.88 bits per heavy atom. The van der Waals surface area contributed by atoms with Gasteiger partial charge in [0.25, 0.3) is 0 Å². The van der Waals surface area contributed by atoms with Crippen LogP contribution in [0.1, 0.15) is 30.9 Å². The summed E-state index contributed by atoms with van der Waals surface area (Å²) < 4.78 is 27.5. The molecule has 1 saturated heterocycles. The summed E-state index contributed by atoms with van der Waals surface area (Å²) in [4.78, 5) is 13.9. The predicted octanol–water partition coefficient (Wildman–Crippen LogP) is 0.777. The van der Waals surface area contributed by atoms with Crippen LogP contribution in [-0.2, 0) is 27.7 Å². The normalized spacial score (nSPS) is 25.6. The summed E-state index contributed by atoms with van der Waals surface area (Å²) in [7, 11) is -2.21. The van der Waals surface area contributed by atoms with E-state index >= 15 is 0 Å². The second-order valence-electron chi connectivity index (χ2n) is 6.70. The molecule has 24 heavy (non-hydrogen) atoms. The topological polar surface area (TPSA) is 77.9 Å². The van der Waals surface area contributed by atoms with Gasteiger partial charge < -0.3 is 10.0 Å². The fourth-order valence-electron chi connectivity index (χ4n) is 3.77. The Morgan fingerprint density at radius 3 is 2.54 bits per heavy atom. The molecule has 0 unspecified atom stereocenters. The Bertz CT molecular complexity index is 747. The number of nitrogens with zero attached hydrogens (tertiary/aromatic N) is 2.